The lowest BCUT2D eigenvalue weighted by Gasteiger charge is -2.29. The Morgan fingerprint density at radius 3 is 2.47 bits per heavy atom. The Bertz CT molecular complexity index is 840. The Morgan fingerprint density at radius 1 is 1.00 bits per heavy atom. The largest absolute Gasteiger partial charge is 0.268 e. The highest BCUT2D eigenvalue weighted by atomic mass is 15.3. The second-order valence-corrected chi connectivity index (χ2v) is 9.55. The Hall–Kier alpha value is -1.83. The molecule has 1 fully saturated rings. The third-order valence-corrected chi connectivity index (χ3v) is 7.64. The van der Waals surface area contributed by atoms with Crippen molar-refractivity contribution < 1.29 is 0 Å². The molecule has 4 rings (SSSR count). The molecule has 1 saturated carbocycles. The van der Waals surface area contributed by atoms with Gasteiger partial charge >= 0.3 is 0 Å². The average Bonchev–Trinajstić information content (AvgIpc) is 3.18. The van der Waals surface area contributed by atoms with Crippen LogP contribution in [0.25, 0.3) is 5.57 Å². The van der Waals surface area contributed by atoms with Gasteiger partial charge in [0.15, 0.2) is 0 Å². The maximum atomic E-state index is 5.25. The van der Waals surface area contributed by atoms with E-state index in [1.165, 1.54) is 67.5 Å². The van der Waals surface area contributed by atoms with E-state index in [2.05, 4.69) is 61.9 Å². The number of aromatic nitrogens is 2. The predicted octanol–water partition coefficient (Wildman–Crippen LogP) is 7.78. The summed E-state index contributed by atoms with van der Waals surface area (Å²) in [7, 11) is 0. The highest BCUT2D eigenvalue weighted by Gasteiger charge is 2.28. The molecule has 0 radical (unpaired) electrons. The average molecular weight is 405 g/mol. The summed E-state index contributed by atoms with van der Waals surface area (Å²) >= 11 is 0. The molecular weight excluding hydrogens is 364 g/mol. The van der Waals surface area contributed by atoms with Crippen molar-refractivity contribution in [3.63, 3.8) is 0 Å². The molecular formula is C28H40N2. The van der Waals surface area contributed by atoms with E-state index in [1.54, 1.807) is 5.57 Å². The van der Waals surface area contributed by atoms with Crippen LogP contribution >= 0.6 is 0 Å². The van der Waals surface area contributed by atoms with Crippen LogP contribution in [0.5, 0.6) is 0 Å². The first-order valence-electron chi connectivity index (χ1n) is 12.6. The molecule has 0 N–H and O–H groups in total. The van der Waals surface area contributed by atoms with E-state index in [-0.39, 0.29) is 0 Å². The minimum absolute atomic E-state index is 0.450. The Morgan fingerprint density at radius 2 is 1.80 bits per heavy atom. The van der Waals surface area contributed by atoms with E-state index in [0.29, 0.717) is 5.92 Å². The van der Waals surface area contributed by atoms with Crippen molar-refractivity contribution in [3.05, 3.63) is 59.0 Å². The van der Waals surface area contributed by atoms with Crippen LogP contribution in [0.15, 0.2) is 42.0 Å². The van der Waals surface area contributed by atoms with Gasteiger partial charge in [-0.3, -0.25) is 4.68 Å². The monoisotopic (exact) mass is 404 g/mol. The fourth-order valence-electron chi connectivity index (χ4n) is 5.67. The molecule has 1 aromatic heterocycles. The van der Waals surface area contributed by atoms with Crippen LogP contribution in [0, 0.1) is 11.8 Å². The Labute approximate surface area is 183 Å². The van der Waals surface area contributed by atoms with E-state index in [1.807, 2.05) is 0 Å². The number of nitrogens with zero attached hydrogens (tertiary/aromatic N) is 2. The SMILES string of the molecule is CCC1=CC(c2c(CC)nn(CC3CCC(CC)CC3)c2C2C=CC=CC2)=CCC1. The minimum Gasteiger partial charge on any atom is -0.268 e. The molecule has 1 atom stereocenters. The maximum Gasteiger partial charge on any atom is 0.0703 e. The molecule has 1 aromatic rings. The lowest BCUT2D eigenvalue weighted by atomic mass is 9.80. The second-order valence-electron chi connectivity index (χ2n) is 9.55. The summed E-state index contributed by atoms with van der Waals surface area (Å²) in [5.41, 5.74) is 7.26. The fraction of sp³-hybridized carbons (Fsp3) is 0.607. The summed E-state index contributed by atoms with van der Waals surface area (Å²) in [6.45, 7) is 8.03. The fourth-order valence-corrected chi connectivity index (χ4v) is 5.67. The maximum absolute atomic E-state index is 5.25. The van der Waals surface area contributed by atoms with Crippen molar-refractivity contribution in [1.29, 1.82) is 0 Å². The van der Waals surface area contributed by atoms with Gasteiger partial charge in [0.05, 0.1) is 11.4 Å². The first-order chi connectivity index (χ1) is 14.7. The van der Waals surface area contributed by atoms with E-state index >= 15 is 0 Å². The van der Waals surface area contributed by atoms with Gasteiger partial charge in [-0.15, -0.1) is 0 Å². The van der Waals surface area contributed by atoms with Gasteiger partial charge in [-0.1, -0.05) is 82.1 Å². The van der Waals surface area contributed by atoms with Gasteiger partial charge < -0.3 is 0 Å². The van der Waals surface area contributed by atoms with E-state index in [0.717, 1.165) is 37.6 Å². The molecule has 1 heterocycles. The van der Waals surface area contributed by atoms with Crippen molar-refractivity contribution in [2.24, 2.45) is 11.8 Å². The van der Waals surface area contributed by atoms with Gasteiger partial charge in [0, 0.05) is 18.0 Å². The first kappa shape index (κ1) is 21.4. The zero-order valence-electron chi connectivity index (χ0n) is 19.4. The molecule has 0 saturated heterocycles. The van der Waals surface area contributed by atoms with Crippen LogP contribution in [0.4, 0.5) is 0 Å². The first-order valence-corrected chi connectivity index (χ1v) is 12.6. The summed E-state index contributed by atoms with van der Waals surface area (Å²) in [5, 5.41) is 5.25. The molecule has 162 valence electrons. The summed E-state index contributed by atoms with van der Waals surface area (Å²) < 4.78 is 2.44. The predicted molar refractivity (Wildman–Crippen MR) is 129 cm³/mol. The number of hydrogen-bond acceptors (Lipinski definition) is 1. The van der Waals surface area contributed by atoms with Crippen LogP contribution in [0.2, 0.25) is 0 Å². The third kappa shape index (κ3) is 4.58. The summed E-state index contributed by atoms with van der Waals surface area (Å²) in [5.74, 6) is 2.19. The van der Waals surface area contributed by atoms with E-state index < -0.39 is 0 Å². The second kappa shape index (κ2) is 9.98. The van der Waals surface area contributed by atoms with Gasteiger partial charge in [0.1, 0.15) is 0 Å². The number of hydrogen-bond donors (Lipinski definition) is 0. The zero-order valence-corrected chi connectivity index (χ0v) is 19.4. The van der Waals surface area contributed by atoms with Crippen molar-refractivity contribution in [2.75, 3.05) is 0 Å². The molecule has 3 aliphatic carbocycles. The minimum atomic E-state index is 0.450. The number of allylic oxidation sites excluding steroid dienone is 8. The summed E-state index contributed by atoms with van der Waals surface area (Å²) in [4.78, 5) is 0. The highest BCUT2D eigenvalue weighted by Crippen LogP contribution is 2.39. The molecule has 30 heavy (non-hydrogen) atoms. The van der Waals surface area contributed by atoms with Gasteiger partial charge in [-0.2, -0.15) is 5.10 Å². The highest BCUT2D eigenvalue weighted by molar-refractivity contribution is 5.79. The van der Waals surface area contributed by atoms with Crippen LogP contribution < -0.4 is 0 Å². The van der Waals surface area contributed by atoms with Crippen molar-refractivity contribution >= 4 is 5.57 Å². The van der Waals surface area contributed by atoms with Gasteiger partial charge in [-0.05, 0) is 62.4 Å². The van der Waals surface area contributed by atoms with Crippen molar-refractivity contribution in [3.8, 4) is 0 Å². The lowest BCUT2D eigenvalue weighted by molar-refractivity contribution is 0.239. The molecule has 0 bridgehead atoms. The quantitative estimate of drug-likeness (QED) is 0.454. The Kier molecular flexibility index (Phi) is 7.12. The number of rotatable bonds is 7. The topological polar surface area (TPSA) is 17.8 Å². The summed E-state index contributed by atoms with van der Waals surface area (Å²) in [6, 6.07) is 0. The smallest absolute Gasteiger partial charge is 0.0703 e. The molecule has 3 aliphatic rings. The molecule has 2 heteroatoms. The Balaban J connectivity index is 1.70. The third-order valence-electron chi connectivity index (χ3n) is 7.64. The van der Waals surface area contributed by atoms with E-state index in [4.69, 9.17) is 5.10 Å². The lowest BCUT2D eigenvalue weighted by Crippen LogP contribution is -2.21. The van der Waals surface area contributed by atoms with Gasteiger partial charge in [0.2, 0.25) is 0 Å². The molecule has 0 spiro atoms. The molecule has 1 unspecified atom stereocenters. The van der Waals surface area contributed by atoms with Crippen molar-refractivity contribution in [2.45, 2.75) is 97.4 Å². The number of aryl methyl sites for hydroxylation is 1. The molecule has 0 amide bonds. The van der Waals surface area contributed by atoms with Gasteiger partial charge in [0.25, 0.3) is 0 Å². The van der Waals surface area contributed by atoms with Gasteiger partial charge in [-0.25, -0.2) is 0 Å². The summed E-state index contributed by atoms with van der Waals surface area (Å²) in [6.07, 6.45) is 26.7. The molecule has 0 aliphatic heterocycles. The molecule has 2 nitrogen and oxygen atoms in total. The van der Waals surface area contributed by atoms with Crippen LogP contribution in [0.3, 0.4) is 0 Å². The molecule has 0 aromatic carbocycles. The van der Waals surface area contributed by atoms with Crippen LogP contribution in [-0.2, 0) is 13.0 Å². The zero-order chi connectivity index (χ0) is 20.9. The van der Waals surface area contributed by atoms with Crippen LogP contribution in [0.1, 0.15) is 101 Å². The van der Waals surface area contributed by atoms with Crippen molar-refractivity contribution in [1.82, 2.24) is 9.78 Å². The van der Waals surface area contributed by atoms with E-state index in [9.17, 15) is 0 Å². The van der Waals surface area contributed by atoms with Crippen LogP contribution in [-0.4, -0.2) is 9.78 Å². The standard InChI is InChI=1S/C28H40N2/c1-4-21-15-17-23(18-16-21)20-30-28(24-12-8-7-9-13-24)27(26(6-3)29-30)25-14-10-11-22(5-2)19-25/h7-9,12,14,19,21,23-24H,4-6,10-11,13,15-18,20H2,1-3H3. The normalized spacial score (nSPS) is 26.6.